The first-order valence-corrected chi connectivity index (χ1v) is 6.67. The van der Waals surface area contributed by atoms with E-state index in [4.69, 9.17) is 0 Å². The minimum absolute atomic E-state index is 0.369. The maximum absolute atomic E-state index is 13.3. The molecule has 0 aliphatic carbocycles. The molecule has 0 fully saturated rings. The Morgan fingerprint density at radius 3 is 2.25 bits per heavy atom. The zero-order valence-corrected chi connectivity index (χ0v) is 8.95. The number of halogens is 1. The molecule has 74 valence electrons. The second kappa shape index (κ2) is 3.71. The Balaban J connectivity index is 5.13. The van der Waals surface area contributed by atoms with Crippen LogP contribution in [0.25, 0.3) is 0 Å². The largest absolute Gasteiger partial charge is 0.258 e. The summed E-state index contributed by atoms with van der Waals surface area (Å²) in [6, 6.07) is 0. The molecule has 0 heterocycles. The van der Waals surface area contributed by atoms with Gasteiger partial charge in [-0.05, 0) is 5.87 Å². The molecule has 0 rings (SSSR count). The van der Waals surface area contributed by atoms with Gasteiger partial charge >= 0.3 is 0 Å². The van der Waals surface area contributed by atoms with E-state index < -0.39 is 20.0 Å². The Labute approximate surface area is 73.5 Å². The summed E-state index contributed by atoms with van der Waals surface area (Å²) in [5.74, 6) is 3.12. The van der Waals surface area contributed by atoms with E-state index in [1.807, 2.05) is 0 Å². The predicted octanol–water partition coefficient (Wildman–Crippen LogP) is 0.467. The fourth-order valence-electron chi connectivity index (χ4n) is 0.462. The third kappa shape index (κ3) is 4.03. The molecule has 0 saturated heterocycles. The summed E-state index contributed by atoms with van der Waals surface area (Å²) in [4.78, 5) is 0. The third-order valence-electron chi connectivity index (χ3n) is 1.17. The highest BCUT2D eigenvalue weighted by Crippen LogP contribution is 2.06. The number of hydrogen-bond acceptors (Lipinski definition) is 2. The minimum atomic E-state index is -3.65. The van der Waals surface area contributed by atoms with Gasteiger partial charge in [-0.2, -0.15) is 0 Å². The first-order valence-electron chi connectivity index (χ1n) is 3.20. The molecule has 0 radical (unpaired) electrons. The maximum Gasteiger partial charge on any atom is 0.258 e. The lowest BCUT2D eigenvalue weighted by atomic mass is 10.8. The molecule has 12 heavy (non-hydrogen) atoms. The van der Waals surface area contributed by atoms with Crippen molar-refractivity contribution in [3.05, 3.63) is 0 Å². The lowest BCUT2D eigenvalue weighted by Gasteiger charge is -2.15. The second-order valence-corrected chi connectivity index (χ2v) is 6.20. The zero-order chi connectivity index (χ0) is 9.99. The van der Waals surface area contributed by atoms with Gasteiger partial charge in [-0.25, -0.2) is 12.7 Å². The summed E-state index contributed by atoms with van der Waals surface area (Å²) < 4.78 is 38.8. The SMILES string of the molecule is C=S(F)(=NS(C)(=O)=O)N(C)CC. The Hall–Kier alpha value is -0.140. The molecule has 4 nitrogen and oxygen atoms in total. The third-order valence-corrected chi connectivity index (χ3v) is 4.38. The van der Waals surface area contributed by atoms with Crippen LogP contribution >= 0.6 is 0 Å². The molecule has 1 unspecified atom stereocenters. The number of hydrogen-bond donors (Lipinski definition) is 0. The molecule has 0 aliphatic rings. The summed E-state index contributed by atoms with van der Waals surface area (Å²) >= 11 is 0. The Bertz CT molecular complexity index is 354. The van der Waals surface area contributed by atoms with Crippen molar-refractivity contribution in [3.63, 3.8) is 0 Å². The number of sulfonamides is 1. The van der Waals surface area contributed by atoms with Crippen molar-refractivity contribution in [2.24, 2.45) is 3.77 Å². The van der Waals surface area contributed by atoms with Crippen molar-refractivity contribution >= 4 is 25.9 Å². The van der Waals surface area contributed by atoms with Gasteiger partial charge in [0.2, 0.25) is 0 Å². The van der Waals surface area contributed by atoms with Crippen molar-refractivity contribution in [1.29, 1.82) is 0 Å². The van der Waals surface area contributed by atoms with Gasteiger partial charge in [0.1, 0.15) is 0 Å². The van der Waals surface area contributed by atoms with Gasteiger partial charge in [0.15, 0.2) is 0 Å². The minimum Gasteiger partial charge on any atom is -0.226 e. The molecule has 0 aromatic rings. The van der Waals surface area contributed by atoms with Crippen LogP contribution in [-0.2, 0) is 20.0 Å². The molecule has 0 saturated carbocycles. The van der Waals surface area contributed by atoms with Gasteiger partial charge in [0.05, 0.1) is 16.2 Å². The van der Waals surface area contributed by atoms with Crippen molar-refractivity contribution in [2.75, 3.05) is 19.8 Å². The van der Waals surface area contributed by atoms with Crippen LogP contribution in [0.1, 0.15) is 6.92 Å². The van der Waals surface area contributed by atoms with Crippen LogP contribution in [0.5, 0.6) is 0 Å². The van der Waals surface area contributed by atoms with E-state index in [2.05, 4.69) is 9.64 Å². The molecular weight excluding hydrogens is 203 g/mol. The molecule has 0 N–H and O–H groups in total. The van der Waals surface area contributed by atoms with Crippen LogP contribution in [0.15, 0.2) is 3.77 Å². The Kier molecular flexibility index (Phi) is 3.67. The quantitative estimate of drug-likeness (QED) is 0.644. The van der Waals surface area contributed by atoms with Crippen LogP contribution in [0, 0.1) is 0 Å². The molecule has 7 heteroatoms. The fourth-order valence-corrected chi connectivity index (χ4v) is 2.97. The molecule has 0 aromatic carbocycles. The van der Waals surface area contributed by atoms with E-state index in [1.165, 1.54) is 11.4 Å². The summed E-state index contributed by atoms with van der Waals surface area (Å²) in [5.41, 5.74) is 0. The molecular formula is C5H13FN2O2S2. The van der Waals surface area contributed by atoms with E-state index in [0.717, 1.165) is 6.26 Å². The summed E-state index contributed by atoms with van der Waals surface area (Å²) in [6.07, 6.45) is 0.850. The van der Waals surface area contributed by atoms with E-state index >= 15 is 0 Å². The van der Waals surface area contributed by atoms with Crippen molar-refractivity contribution < 1.29 is 12.3 Å². The van der Waals surface area contributed by atoms with E-state index in [1.54, 1.807) is 6.92 Å². The van der Waals surface area contributed by atoms with E-state index in [9.17, 15) is 12.3 Å². The van der Waals surface area contributed by atoms with Crippen molar-refractivity contribution in [1.82, 2.24) is 4.31 Å². The van der Waals surface area contributed by atoms with Gasteiger partial charge in [0.25, 0.3) is 10.0 Å². The first kappa shape index (κ1) is 11.9. The monoisotopic (exact) mass is 216 g/mol. The van der Waals surface area contributed by atoms with Gasteiger partial charge in [-0.3, -0.25) is 0 Å². The maximum atomic E-state index is 13.3. The number of nitrogens with zero attached hydrogens (tertiary/aromatic N) is 2. The zero-order valence-electron chi connectivity index (χ0n) is 7.32. The van der Waals surface area contributed by atoms with Crippen LogP contribution in [0.2, 0.25) is 0 Å². The number of rotatable bonds is 3. The topological polar surface area (TPSA) is 49.7 Å². The van der Waals surface area contributed by atoms with Gasteiger partial charge in [0, 0.05) is 13.6 Å². The standard InChI is InChI=1S/C5H13FN2O2S2/c1-5-8(2)11(3,6)7-12(4,9)10/h3,5H2,1-2,4H3. The van der Waals surface area contributed by atoms with Crippen molar-refractivity contribution in [2.45, 2.75) is 6.92 Å². The van der Waals surface area contributed by atoms with Crippen LogP contribution in [-0.4, -0.2) is 38.4 Å². The molecule has 0 bridgehead atoms. The van der Waals surface area contributed by atoms with Gasteiger partial charge < -0.3 is 0 Å². The highest BCUT2D eigenvalue weighted by Gasteiger charge is 2.09. The molecule has 0 aliphatic heterocycles. The van der Waals surface area contributed by atoms with Crippen molar-refractivity contribution in [3.8, 4) is 0 Å². The van der Waals surface area contributed by atoms with E-state index in [-0.39, 0.29) is 0 Å². The molecule has 0 spiro atoms. The van der Waals surface area contributed by atoms with Gasteiger partial charge in [-0.1, -0.05) is 6.92 Å². The normalized spacial score (nSPS) is 17.4. The van der Waals surface area contributed by atoms with E-state index in [0.29, 0.717) is 6.54 Å². The summed E-state index contributed by atoms with van der Waals surface area (Å²) in [6.45, 7) is 2.07. The lowest BCUT2D eigenvalue weighted by molar-refractivity contribution is 0.563. The lowest BCUT2D eigenvalue weighted by Crippen LogP contribution is -2.22. The Morgan fingerprint density at radius 1 is 1.58 bits per heavy atom. The molecule has 0 amide bonds. The summed E-state index contributed by atoms with van der Waals surface area (Å²) in [5, 5.41) is 0. The smallest absolute Gasteiger partial charge is 0.226 e. The van der Waals surface area contributed by atoms with Crippen LogP contribution < -0.4 is 0 Å². The van der Waals surface area contributed by atoms with Gasteiger partial charge in [-0.15, -0.1) is 7.65 Å². The average molecular weight is 216 g/mol. The first-order chi connectivity index (χ1) is 5.19. The fraction of sp³-hybridized carbons (Fsp3) is 0.800. The van der Waals surface area contributed by atoms with Crippen LogP contribution in [0.4, 0.5) is 3.89 Å². The second-order valence-electron chi connectivity index (χ2n) is 2.34. The highest BCUT2D eigenvalue weighted by molar-refractivity contribution is 8.04. The van der Waals surface area contributed by atoms with Crippen LogP contribution in [0.3, 0.4) is 0 Å². The average Bonchev–Trinajstić information content (AvgIpc) is 1.80. The molecule has 0 aromatic heterocycles. The highest BCUT2D eigenvalue weighted by atomic mass is 32.3. The predicted molar refractivity (Wildman–Crippen MR) is 51.2 cm³/mol. The summed E-state index contributed by atoms with van der Waals surface area (Å²) in [7, 11) is -5.46. The Morgan fingerprint density at radius 2 is 2.00 bits per heavy atom. The molecule has 1 atom stereocenters.